The van der Waals surface area contributed by atoms with E-state index in [1.807, 2.05) is 0 Å². The van der Waals surface area contributed by atoms with Crippen LogP contribution in [0, 0.1) is 0 Å². The van der Waals surface area contributed by atoms with Crippen molar-refractivity contribution in [3.63, 3.8) is 0 Å². The summed E-state index contributed by atoms with van der Waals surface area (Å²) in [5, 5.41) is 0. The molecule has 0 aliphatic heterocycles. The molecule has 11 heteroatoms. The van der Waals surface area contributed by atoms with Gasteiger partial charge < -0.3 is 18.9 Å². The highest BCUT2D eigenvalue weighted by molar-refractivity contribution is 9.11. The van der Waals surface area contributed by atoms with Gasteiger partial charge in [0.15, 0.2) is 0 Å². The number of nitrogens with zero attached hydrogens (tertiary/aromatic N) is 2. The lowest BCUT2D eigenvalue weighted by Gasteiger charge is -2.16. The lowest BCUT2D eigenvalue weighted by molar-refractivity contribution is 0.289. The summed E-state index contributed by atoms with van der Waals surface area (Å²) in [7, 11) is 0. The molecule has 6 rings (SSSR count). The summed E-state index contributed by atoms with van der Waals surface area (Å²) in [5.41, 5.74) is 5.15. The third-order valence-corrected chi connectivity index (χ3v) is 17.3. The second-order valence-corrected chi connectivity index (χ2v) is 24.4. The van der Waals surface area contributed by atoms with Gasteiger partial charge in [0.2, 0.25) is 0 Å². The molecule has 376 valence electrons. The van der Waals surface area contributed by atoms with Crippen LogP contribution in [0.1, 0.15) is 182 Å². The monoisotopic (exact) mass is 1120 g/mol. The molecule has 0 aliphatic rings. The topological polar surface area (TPSA) is 62.7 Å². The Kier molecular flexibility index (Phi) is 25.3. The summed E-state index contributed by atoms with van der Waals surface area (Å²) in [6.45, 7) is 11.7. The van der Waals surface area contributed by atoms with E-state index in [1.54, 1.807) is 34.0 Å². The summed E-state index contributed by atoms with van der Waals surface area (Å²) < 4.78 is 28.6. The molecule has 6 aromatic rings. The number of halogens is 2. The Hall–Kier alpha value is -2.96. The Morgan fingerprint density at radius 3 is 0.928 bits per heavy atom. The average molecular weight is 1120 g/mol. The standard InChI is InChI=1S/C58H78Br2N2O4S3/c1-5-9-13-17-21-25-33-63-45-37-43(38-46(41-45)64-34-26-22-18-14-10-6-2)53-54(62-56-55(61-53)57(49-29-31-51(59)67-49)69-58(56)50-30-32-52(60)68-50)44-39-47(65-35-27-23-19-15-11-7-3)42-48(40-44)66-36-28-24-20-16-12-8-4/h29-32,37-42H,5-28,33-36H2,1-4H3. The number of hydrogen-bond donors (Lipinski definition) is 0. The van der Waals surface area contributed by atoms with E-state index >= 15 is 0 Å². The van der Waals surface area contributed by atoms with Crippen LogP contribution in [0.15, 0.2) is 68.2 Å². The first kappa shape index (κ1) is 55.4. The first-order valence-electron chi connectivity index (χ1n) is 26.6. The van der Waals surface area contributed by atoms with Crippen molar-refractivity contribution >= 4 is 76.9 Å². The molecule has 69 heavy (non-hydrogen) atoms. The van der Waals surface area contributed by atoms with Gasteiger partial charge in [0.1, 0.15) is 34.0 Å². The molecule has 0 saturated heterocycles. The molecule has 2 aromatic carbocycles. The molecule has 0 amide bonds. The van der Waals surface area contributed by atoms with Crippen molar-refractivity contribution in [2.24, 2.45) is 0 Å². The van der Waals surface area contributed by atoms with Crippen LogP contribution in [0.2, 0.25) is 0 Å². The zero-order valence-electron chi connectivity index (χ0n) is 42.1. The van der Waals surface area contributed by atoms with Crippen molar-refractivity contribution in [3.8, 4) is 65.0 Å². The summed E-state index contributed by atoms with van der Waals surface area (Å²) in [6, 6.07) is 21.3. The second kappa shape index (κ2) is 31.5. The molecule has 0 aliphatic carbocycles. The molecule has 4 heterocycles. The lowest BCUT2D eigenvalue weighted by atomic mass is 10.0. The largest absolute Gasteiger partial charge is 0.493 e. The highest BCUT2D eigenvalue weighted by Crippen LogP contribution is 2.49. The Labute approximate surface area is 444 Å². The molecule has 0 saturated carbocycles. The van der Waals surface area contributed by atoms with Crippen LogP contribution in [-0.2, 0) is 0 Å². The summed E-state index contributed by atoms with van der Waals surface area (Å²) in [6.07, 6.45) is 28.9. The fraction of sp³-hybridized carbons (Fsp3) is 0.552. The van der Waals surface area contributed by atoms with Gasteiger partial charge in [-0.2, -0.15) is 0 Å². The van der Waals surface area contributed by atoms with Crippen LogP contribution in [0.5, 0.6) is 23.0 Å². The van der Waals surface area contributed by atoms with E-state index in [0.717, 1.165) is 135 Å². The number of rotatable bonds is 36. The normalized spacial score (nSPS) is 11.5. The maximum absolute atomic E-state index is 6.62. The zero-order valence-corrected chi connectivity index (χ0v) is 47.7. The van der Waals surface area contributed by atoms with Gasteiger partial charge in [-0.3, -0.25) is 0 Å². The highest BCUT2D eigenvalue weighted by atomic mass is 79.9. The second-order valence-electron chi connectivity index (χ2n) is 18.4. The minimum atomic E-state index is 0.656. The summed E-state index contributed by atoms with van der Waals surface area (Å²) in [4.78, 5) is 16.0. The zero-order chi connectivity index (χ0) is 48.5. The molecule has 0 fully saturated rings. The van der Waals surface area contributed by atoms with Crippen molar-refractivity contribution in [1.82, 2.24) is 9.97 Å². The number of thiophene rings is 3. The first-order valence-corrected chi connectivity index (χ1v) is 30.6. The van der Waals surface area contributed by atoms with Crippen LogP contribution in [-0.4, -0.2) is 36.4 Å². The van der Waals surface area contributed by atoms with E-state index < -0.39 is 0 Å². The predicted molar refractivity (Wildman–Crippen MR) is 306 cm³/mol. The number of ether oxygens (including phenoxy) is 4. The van der Waals surface area contributed by atoms with Crippen LogP contribution in [0.25, 0.3) is 53.1 Å². The Balaban J connectivity index is 1.46. The highest BCUT2D eigenvalue weighted by Gasteiger charge is 2.25. The SMILES string of the molecule is CCCCCCCCOc1cc(OCCCCCCCC)cc(-c2nc3c(-c4ccc(Br)s4)sc(-c4ccc(Br)s4)c3nc2-c2cc(OCCCCCCCC)cc(OCCCCCCCC)c2)c1. The Morgan fingerprint density at radius 2 is 0.652 bits per heavy atom. The number of aromatic nitrogens is 2. The predicted octanol–water partition coefficient (Wildman–Crippen LogP) is 21.0. The van der Waals surface area contributed by atoms with E-state index in [1.165, 1.54) is 103 Å². The molecule has 0 unspecified atom stereocenters. The van der Waals surface area contributed by atoms with Crippen molar-refractivity contribution in [2.75, 3.05) is 26.4 Å². The van der Waals surface area contributed by atoms with E-state index in [9.17, 15) is 0 Å². The molecule has 0 spiro atoms. The number of hydrogen-bond acceptors (Lipinski definition) is 9. The Bertz CT molecular complexity index is 2160. The van der Waals surface area contributed by atoms with Gasteiger partial charge in [0, 0.05) is 33.0 Å². The minimum Gasteiger partial charge on any atom is -0.493 e. The van der Waals surface area contributed by atoms with Crippen molar-refractivity contribution in [2.45, 2.75) is 182 Å². The third-order valence-electron chi connectivity index (χ3n) is 12.5. The molecule has 6 nitrogen and oxygen atoms in total. The van der Waals surface area contributed by atoms with E-state index in [4.69, 9.17) is 28.9 Å². The fourth-order valence-corrected chi connectivity index (χ4v) is 12.8. The van der Waals surface area contributed by atoms with Gasteiger partial charge in [-0.15, -0.1) is 34.0 Å². The molecular weight excluding hydrogens is 1040 g/mol. The third kappa shape index (κ3) is 18.2. The van der Waals surface area contributed by atoms with E-state index in [-0.39, 0.29) is 0 Å². The fourth-order valence-electron chi connectivity index (χ4n) is 8.60. The smallest absolute Gasteiger partial charge is 0.123 e. The maximum Gasteiger partial charge on any atom is 0.123 e. The summed E-state index contributed by atoms with van der Waals surface area (Å²) >= 11 is 12.7. The van der Waals surface area contributed by atoms with Gasteiger partial charge in [-0.1, -0.05) is 156 Å². The van der Waals surface area contributed by atoms with Crippen molar-refractivity contribution in [1.29, 1.82) is 0 Å². The van der Waals surface area contributed by atoms with Gasteiger partial charge in [-0.25, -0.2) is 9.97 Å². The number of benzene rings is 2. The molecule has 0 N–H and O–H groups in total. The molecule has 0 atom stereocenters. The van der Waals surface area contributed by atoms with Gasteiger partial charge in [0.25, 0.3) is 0 Å². The minimum absolute atomic E-state index is 0.656. The quantitative estimate of drug-likeness (QED) is 0.0365. The number of unbranched alkanes of at least 4 members (excludes halogenated alkanes) is 20. The van der Waals surface area contributed by atoms with Crippen molar-refractivity contribution < 1.29 is 18.9 Å². The van der Waals surface area contributed by atoms with Gasteiger partial charge in [-0.05, 0) is 106 Å². The average Bonchev–Trinajstić information content (AvgIpc) is 4.10. The molecular formula is C58H78Br2N2O4S3. The lowest BCUT2D eigenvalue weighted by Crippen LogP contribution is -2.03. The number of fused-ring (bicyclic) bond motifs is 1. The first-order chi connectivity index (χ1) is 33.9. The van der Waals surface area contributed by atoms with Crippen molar-refractivity contribution in [3.05, 3.63) is 68.2 Å². The van der Waals surface area contributed by atoms with Crippen LogP contribution in [0.3, 0.4) is 0 Å². The maximum atomic E-state index is 6.62. The van der Waals surface area contributed by atoms with Crippen LogP contribution < -0.4 is 18.9 Å². The van der Waals surface area contributed by atoms with Crippen LogP contribution in [0.4, 0.5) is 0 Å². The molecule has 0 radical (unpaired) electrons. The summed E-state index contributed by atoms with van der Waals surface area (Å²) in [5.74, 6) is 3.18. The Morgan fingerprint density at radius 1 is 0.362 bits per heavy atom. The van der Waals surface area contributed by atoms with Crippen LogP contribution >= 0.6 is 65.9 Å². The van der Waals surface area contributed by atoms with Gasteiger partial charge in [0.05, 0.1) is 55.1 Å². The molecule has 4 aromatic heterocycles. The van der Waals surface area contributed by atoms with Gasteiger partial charge >= 0.3 is 0 Å². The van der Waals surface area contributed by atoms with E-state index in [0.29, 0.717) is 26.4 Å². The van der Waals surface area contributed by atoms with E-state index in [2.05, 4.69) is 120 Å². The molecule has 0 bridgehead atoms.